The van der Waals surface area contributed by atoms with Gasteiger partial charge in [-0.1, -0.05) is 11.6 Å². The topological polar surface area (TPSA) is 24.9 Å². The van der Waals surface area contributed by atoms with Gasteiger partial charge in [0.05, 0.1) is 10.6 Å². The number of rotatable bonds is 4. The summed E-state index contributed by atoms with van der Waals surface area (Å²) in [6, 6.07) is 2.91. The van der Waals surface area contributed by atoms with Gasteiger partial charge < -0.3 is 5.32 Å². The largest absolute Gasteiger partial charge is 0.417 e. The molecule has 0 aliphatic heterocycles. The summed E-state index contributed by atoms with van der Waals surface area (Å²) >= 11 is 7.44. The van der Waals surface area contributed by atoms with Crippen molar-refractivity contribution >= 4 is 28.8 Å². The van der Waals surface area contributed by atoms with Gasteiger partial charge in [-0.05, 0) is 41.8 Å². The Balaban J connectivity index is 2.06. The molecule has 0 spiro atoms. The lowest BCUT2D eigenvalue weighted by atomic mass is 10.1. The van der Waals surface area contributed by atoms with Crippen LogP contribution in [0.2, 0.25) is 5.02 Å². The van der Waals surface area contributed by atoms with Crippen LogP contribution in [0.3, 0.4) is 0 Å². The average Bonchev–Trinajstić information content (AvgIpc) is 2.83. The molecule has 2 heterocycles. The van der Waals surface area contributed by atoms with Crippen LogP contribution in [0, 0.1) is 0 Å². The number of alkyl halides is 3. The summed E-state index contributed by atoms with van der Waals surface area (Å²) in [6.07, 6.45) is -2.90. The molecule has 7 heteroatoms. The zero-order chi connectivity index (χ0) is 14.8. The van der Waals surface area contributed by atoms with Gasteiger partial charge in [0.2, 0.25) is 0 Å². The molecule has 0 saturated heterocycles. The number of nitrogens with zero attached hydrogens (tertiary/aromatic N) is 1. The molecule has 0 aliphatic rings. The van der Waals surface area contributed by atoms with E-state index in [0.29, 0.717) is 0 Å². The normalized spacial score (nSPS) is 13.2. The lowest BCUT2D eigenvalue weighted by Gasteiger charge is -2.16. The van der Waals surface area contributed by atoms with E-state index in [9.17, 15) is 13.2 Å². The molecule has 1 N–H and O–H groups in total. The van der Waals surface area contributed by atoms with E-state index in [1.54, 1.807) is 11.3 Å². The summed E-state index contributed by atoms with van der Waals surface area (Å²) in [6.45, 7) is 1.92. The molecule has 0 bridgehead atoms. The minimum absolute atomic E-state index is 0.0198. The minimum atomic E-state index is -4.43. The second-order valence-corrected chi connectivity index (χ2v) is 5.62. The summed E-state index contributed by atoms with van der Waals surface area (Å²) in [5.41, 5.74) is 0.316. The quantitative estimate of drug-likeness (QED) is 0.870. The lowest BCUT2D eigenvalue weighted by molar-refractivity contribution is -0.137. The first kappa shape index (κ1) is 15.1. The Morgan fingerprint density at radius 2 is 2.20 bits per heavy atom. The molecule has 0 radical (unpaired) electrons. The molecule has 108 valence electrons. The molecular formula is C13H12ClF3N2S. The highest BCUT2D eigenvalue weighted by molar-refractivity contribution is 7.07. The maximum atomic E-state index is 12.5. The standard InChI is InChI=1S/C13H12ClF3N2S/c1-8(4-9-2-3-20-7-9)19-12-11(14)5-10(6-18-12)13(15,16)17/h2-3,5-8H,4H2,1H3,(H,18,19). The lowest BCUT2D eigenvalue weighted by Crippen LogP contribution is -2.19. The zero-order valence-corrected chi connectivity index (χ0v) is 12.1. The summed E-state index contributed by atoms with van der Waals surface area (Å²) in [4.78, 5) is 3.75. The summed E-state index contributed by atoms with van der Waals surface area (Å²) < 4.78 is 37.5. The molecule has 0 saturated carbocycles. The van der Waals surface area contributed by atoms with Crippen LogP contribution in [0.4, 0.5) is 19.0 Å². The zero-order valence-electron chi connectivity index (χ0n) is 10.5. The van der Waals surface area contributed by atoms with Crippen LogP contribution >= 0.6 is 22.9 Å². The third-order valence-electron chi connectivity index (χ3n) is 2.67. The van der Waals surface area contributed by atoms with Crippen molar-refractivity contribution in [2.24, 2.45) is 0 Å². The molecule has 2 aromatic rings. The highest BCUT2D eigenvalue weighted by Gasteiger charge is 2.31. The van der Waals surface area contributed by atoms with Crippen LogP contribution in [0.15, 0.2) is 29.1 Å². The first-order chi connectivity index (χ1) is 9.36. The van der Waals surface area contributed by atoms with Gasteiger partial charge in [0, 0.05) is 12.2 Å². The number of anilines is 1. The fourth-order valence-electron chi connectivity index (χ4n) is 1.75. The van der Waals surface area contributed by atoms with E-state index in [1.165, 1.54) is 0 Å². The average molecular weight is 321 g/mol. The molecule has 0 aromatic carbocycles. The summed E-state index contributed by atoms with van der Waals surface area (Å²) in [5, 5.41) is 7.00. The van der Waals surface area contributed by atoms with Gasteiger partial charge in [-0.25, -0.2) is 4.98 Å². The Kier molecular flexibility index (Phi) is 4.55. The van der Waals surface area contributed by atoms with Crippen LogP contribution in [-0.4, -0.2) is 11.0 Å². The second kappa shape index (κ2) is 6.01. The molecule has 1 unspecified atom stereocenters. The van der Waals surface area contributed by atoms with E-state index in [4.69, 9.17) is 11.6 Å². The number of halogens is 4. The van der Waals surface area contributed by atoms with E-state index in [-0.39, 0.29) is 16.9 Å². The van der Waals surface area contributed by atoms with E-state index >= 15 is 0 Å². The Labute approximate surface area is 123 Å². The number of hydrogen-bond donors (Lipinski definition) is 1. The van der Waals surface area contributed by atoms with Crippen molar-refractivity contribution in [2.75, 3.05) is 5.32 Å². The van der Waals surface area contributed by atoms with Crippen molar-refractivity contribution < 1.29 is 13.2 Å². The van der Waals surface area contributed by atoms with Crippen molar-refractivity contribution in [2.45, 2.75) is 25.6 Å². The van der Waals surface area contributed by atoms with Crippen LogP contribution in [-0.2, 0) is 12.6 Å². The van der Waals surface area contributed by atoms with Crippen molar-refractivity contribution in [3.8, 4) is 0 Å². The molecule has 2 nitrogen and oxygen atoms in total. The second-order valence-electron chi connectivity index (χ2n) is 4.43. The van der Waals surface area contributed by atoms with Gasteiger partial charge in [0.1, 0.15) is 5.82 Å². The van der Waals surface area contributed by atoms with Crippen LogP contribution in [0.25, 0.3) is 0 Å². The fourth-order valence-corrected chi connectivity index (χ4v) is 2.65. The summed E-state index contributed by atoms with van der Waals surface area (Å²) in [7, 11) is 0. The molecule has 0 aliphatic carbocycles. The predicted octanol–water partition coefficient (Wildman–Crippen LogP) is 4.86. The third kappa shape index (κ3) is 3.86. The highest BCUT2D eigenvalue weighted by atomic mass is 35.5. The number of nitrogens with one attached hydrogen (secondary N) is 1. The Bertz CT molecular complexity index is 569. The van der Waals surface area contributed by atoms with Crippen molar-refractivity contribution in [3.05, 3.63) is 45.2 Å². The summed E-state index contributed by atoms with van der Waals surface area (Å²) in [5.74, 6) is 0.266. The molecule has 2 rings (SSSR count). The monoisotopic (exact) mass is 320 g/mol. The number of aromatic nitrogens is 1. The van der Waals surface area contributed by atoms with Crippen molar-refractivity contribution in [1.82, 2.24) is 4.98 Å². The number of hydrogen-bond acceptors (Lipinski definition) is 3. The Morgan fingerprint density at radius 1 is 1.45 bits per heavy atom. The number of pyridine rings is 1. The van der Waals surface area contributed by atoms with Crippen LogP contribution < -0.4 is 5.32 Å². The van der Waals surface area contributed by atoms with Gasteiger partial charge in [-0.15, -0.1) is 0 Å². The van der Waals surface area contributed by atoms with Gasteiger partial charge in [-0.2, -0.15) is 24.5 Å². The molecule has 0 fully saturated rings. The number of thiophene rings is 1. The van der Waals surface area contributed by atoms with E-state index < -0.39 is 11.7 Å². The molecular weight excluding hydrogens is 309 g/mol. The van der Waals surface area contributed by atoms with Crippen LogP contribution in [0.5, 0.6) is 0 Å². The van der Waals surface area contributed by atoms with Crippen molar-refractivity contribution in [1.29, 1.82) is 0 Å². The third-order valence-corrected chi connectivity index (χ3v) is 3.69. The minimum Gasteiger partial charge on any atom is -0.366 e. The Morgan fingerprint density at radius 3 is 2.75 bits per heavy atom. The first-order valence-corrected chi connectivity index (χ1v) is 7.18. The Hall–Kier alpha value is -1.27. The van der Waals surface area contributed by atoms with Gasteiger partial charge >= 0.3 is 6.18 Å². The van der Waals surface area contributed by atoms with Gasteiger partial charge in [0.25, 0.3) is 0 Å². The smallest absolute Gasteiger partial charge is 0.366 e. The molecule has 1 atom stereocenters. The molecule has 0 amide bonds. The SMILES string of the molecule is CC(Cc1ccsc1)Nc1ncc(C(F)(F)F)cc1Cl. The first-order valence-electron chi connectivity index (χ1n) is 5.86. The van der Waals surface area contributed by atoms with Gasteiger partial charge in [0.15, 0.2) is 0 Å². The molecule has 2 aromatic heterocycles. The van der Waals surface area contributed by atoms with Crippen LogP contribution in [0.1, 0.15) is 18.1 Å². The van der Waals surface area contributed by atoms with E-state index in [2.05, 4.69) is 10.3 Å². The van der Waals surface area contributed by atoms with E-state index in [1.807, 2.05) is 23.8 Å². The van der Waals surface area contributed by atoms with Crippen molar-refractivity contribution in [3.63, 3.8) is 0 Å². The van der Waals surface area contributed by atoms with E-state index in [0.717, 1.165) is 24.2 Å². The predicted molar refractivity (Wildman–Crippen MR) is 75.4 cm³/mol. The maximum absolute atomic E-state index is 12.5. The highest BCUT2D eigenvalue weighted by Crippen LogP contribution is 2.32. The fraction of sp³-hybridized carbons (Fsp3) is 0.308. The van der Waals surface area contributed by atoms with Gasteiger partial charge in [-0.3, -0.25) is 0 Å². The maximum Gasteiger partial charge on any atom is 0.417 e. The molecule has 20 heavy (non-hydrogen) atoms.